The van der Waals surface area contributed by atoms with E-state index >= 15 is 0 Å². The fourth-order valence-corrected chi connectivity index (χ4v) is 4.33. The Hall–Kier alpha value is -1.63. The number of hydrogen-bond donors (Lipinski definition) is 0. The van der Waals surface area contributed by atoms with Crippen molar-refractivity contribution in [1.29, 1.82) is 0 Å². The van der Waals surface area contributed by atoms with Crippen LogP contribution in [-0.4, -0.2) is 4.98 Å². The molecule has 0 spiro atoms. The molecule has 1 aliphatic rings. The van der Waals surface area contributed by atoms with Crippen LogP contribution in [-0.2, 0) is 12.8 Å². The van der Waals surface area contributed by atoms with Crippen LogP contribution in [0.4, 0.5) is 0 Å². The minimum Gasteiger partial charge on any atom is -0.256 e. The van der Waals surface area contributed by atoms with Crippen molar-refractivity contribution in [2.75, 3.05) is 0 Å². The summed E-state index contributed by atoms with van der Waals surface area (Å²) >= 11 is 0. The molecular formula is C25H35N. The Morgan fingerprint density at radius 1 is 0.808 bits per heavy atom. The number of unbranched alkanes of at least 4 members (excludes halogenated alkanes) is 1. The maximum absolute atomic E-state index is 4.71. The third kappa shape index (κ3) is 5.43. The first-order valence-electron chi connectivity index (χ1n) is 10.8. The molecule has 1 aliphatic carbocycles. The first-order chi connectivity index (χ1) is 12.8. The third-order valence-electron chi connectivity index (χ3n) is 6.26. The molecule has 0 atom stereocenters. The van der Waals surface area contributed by atoms with Crippen LogP contribution in [0.3, 0.4) is 0 Å². The summed E-state index contributed by atoms with van der Waals surface area (Å²) in [7, 11) is 0. The Labute approximate surface area is 160 Å². The molecular weight excluding hydrogens is 314 g/mol. The number of aryl methyl sites for hydroxylation is 2. The minimum atomic E-state index is 0.939. The number of aromatic nitrogens is 1. The number of rotatable bonds is 8. The topological polar surface area (TPSA) is 12.9 Å². The van der Waals surface area contributed by atoms with Crippen LogP contribution in [0.25, 0.3) is 11.3 Å². The molecule has 1 nitrogen and oxygen atoms in total. The van der Waals surface area contributed by atoms with Gasteiger partial charge in [0.25, 0.3) is 0 Å². The van der Waals surface area contributed by atoms with Crippen molar-refractivity contribution in [2.45, 2.75) is 78.1 Å². The van der Waals surface area contributed by atoms with Crippen LogP contribution < -0.4 is 0 Å². The van der Waals surface area contributed by atoms with Gasteiger partial charge in [-0.3, -0.25) is 4.98 Å². The molecule has 0 radical (unpaired) electrons. The van der Waals surface area contributed by atoms with E-state index in [-0.39, 0.29) is 0 Å². The Morgan fingerprint density at radius 3 is 2.04 bits per heavy atom. The van der Waals surface area contributed by atoms with Crippen LogP contribution in [0.15, 0.2) is 42.6 Å². The molecule has 0 amide bonds. The molecule has 0 saturated heterocycles. The van der Waals surface area contributed by atoms with Gasteiger partial charge in [0.15, 0.2) is 0 Å². The standard InChI is InChI=1S/C25H35N/c1-3-5-6-21-7-9-22(10-8-21)11-12-23-15-18-25(26-19-23)24-16-13-20(4-2)14-17-24/h13-19,21-22H,3-12H2,1-2H3/t21-,22-. The zero-order chi connectivity index (χ0) is 18.2. The lowest BCUT2D eigenvalue weighted by Gasteiger charge is -2.28. The predicted octanol–water partition coefficient (Wildman–Crippen LogP) is 7.24. The number of pyridine rings is 1. The lowest BCUT2D eigenvalue weighted by Crippen LogP contribution is -2.15. The van der Waals surface area contributed by atoms with Gasteiger partial charge in [0.2, 0.25) is 0 Å². The molecule has 0 N–H and O–H groups in total. The lowest BCUT2D eigenvalue weighted by molar-refractivity contribution is 0.250. The molecule has 26 heavy (non-hydrogen) atoms. The molecule has 0 aliphatic heterocycles. The summed E-state index contributed by atoms with van der Waals surface area (Å²) in [6.07, 6.45) is 15.8. The largest absolute Gasteiger partial charge is 0.256 e. The number of benzene rings is 1. The van der Waals surface area contributed by atoms with E-state index in [0.29, 0.717) is 0 Å². The Balaban J connectivity index is 1.46. The average molecular weight is 350 g/mol. The highest BCUT2D eigenvalue weighted by Gasteiger charge is 2.20. The summed E-state index contributed by atoms with van der Waals surface area (Å²) in [6.45, 7) is 4.50. The zero-order valence-corrected chi connectivity index (χ0v) is 16.7. The highest BCUT2D eigenvalue weighted by atomic mass is 14.7. The van der Waals surface area contributed by atoms with Gasteiger partial charge in [-0.25, -0.2) is 0 Å². The predicted molar refractivity (Wildman–Crippen MR) is 112 cm³/mol. The zero-order valence-electron chi connectivity index (χ0n) is 16.7. The van der Waals surface area contributed by atoms with Crippen molar-refractivity contribution in [3.05, 3.63) is 53.7 Å². The van der Waals surface area contributed by atoms with Crippen LogP contribution in [0.1, 0.15) is 76.3 Å². The summed E-state index contributed by atoms with van der Waals surface area (Å²) in [4.78, 5) is 4.71. The van der Waals surface area contributed by atoms with E-state index in [0.717, 1.165) is 24.0 Å². The van der Waals surface area contributed by atoms with Crippen molar-refractivity contribution in [1.82, 2.24) is 4.98 Å². The molecule has 140 valence electrons. The van der Waals surface area contributed by atoms with Gasteiger partial charge < -0.3 is 0 Å². The first-order valence-corrected chi connectivity index (χ1v) is 10.8. The van der Waals surface area contributed by atoms with Crippen molar-refractivity contribution in [3.8, 4) is 11.3 Å². The molecule has 1 fully saturated rings. The summed E-state index contributed by atoms with van der Waals surface area (Å²) in [6, 6.07) is 13.3. The van der Waals surface area contributed by atoms with Crippen molar-refractivity contribution < 1.29 is 0 Å². The molecule has 2 aromatic rings. The fourth-order valence-electron chi connectivity index (χ4n) is 4.33. The Bertz CT molecular complexity index is 633. The highest BCUT2D eigenvalue weighted by molar-refractivity contribution is 5.59. The van der Waals surface area contributed by atoms with E-state index in [9.17, 15) is 0 Å². The van der Waals surface area contributed by atoms with Crippen molar-refractivity contribution >= 4 is 0 Å². The highest BCUT2D eigenvalue weighted by Crippen LogP contribution is 2.34. The molecule has 3 rings (SSSR count). The molecule has 1 aromatic carbocycles. The van der Waals surface area contributed by atoms with E-state index in [1.807, 2.05) is 0 Å². The van der Waals surface area contributed by atoms with Crippen LogP contribution in [0.2, 0.25) is 0 Å². The second kappa shape index (κ2) is 9.90. The quantitative estimate of drug-likeness (QED) is 0.489. The van der Waals surface area contributed by atoms with Gasteiger partial charge in [-0.2, -0.15) is 0 Å². The fraction of sp³-hybridized carbons (Fsp3) is 0.560. The molecule has 1 heterocycles. The maximum atomic E-state index is 4.71. The van der Waals surface area contributed by atoms with E-state index in [2.05, 4.69) is 56.4 Å². The maximum Gasteiger partial charge on any atom is 0.0702 e. The monoisotopic (exact) mass is 349 g/mol. The Kier molecular flexibility index (Phi) is 7.29. The van der Waals surface area contributed by atoms with Gasteiger partial charge in [0.05, 0.1) is 5.69 Å². The second-order valence-electron chi connectivity index (χ2n) is 8.17. The minimum absolute atomic E-state index is 0.939. The van der Waals surface area contributed by atoms with Crippen LogP contribution in [0, 0.1) is 11.8 Å². The second-order valence-corrected chi connectivity index (χ2v) is 8.17. The molecule has 0 unspecified atom stereocenters. The summed E-state index contributed by atoms with van der Waals surface area (Å²) in [5, 5.41) is 0. The third-order valence-corrected chi connectivity index (χ3v) is 6.26. The van der Waals surface area contributed by atoms with Gasteiger partial charge in [-0.15, -0.1) is 0 Å². The summed E-state index contributed by atoms with van der Waals surface area (Å²) < 4.78 is 0. The average Bonchev–Trinajstić information content (AvgIpc) is 2.72. The molecule has 1 saturated carbocycles. The van der Waals surface area contributed by atoms with E-state index in [1.54, 1.807) is 0 Å². The molecule has 0 bridgehead atoms. The smallest absolute Gasteiger partial charge is 0.0702 e. The van der Waals surface area contributed by atoms with Gasteiger partial charge in [0.1, 0.15) is 0 Å². The summed E-state index contributed by atoms with van der Waals surface area (Å²) in [5.41, 5.74) is 5.09. The van der Waals surface area contributed by atoms with Crippen LogP contribution in [0.5, 0.6) is 0 Å². The van der Waals surface area contributed by atoms with Crippen molar-refractivity contribution in [3.63, 3.8) is 0 Å². The van der Waals surface area contributed by atoms with E-state index in [4.69, 9.17) is 4.98 Å². The van der Waals surface area contributed by atoms with Gasteiger partial charge in [0, 0.05) is 11.8 Å². The Morgan fingerprint density at radius 2 is 1.46 bits per heavy atom. The number of hydrogen-bond acceptors (Lipinski definition) is 1. The normalized spacial score (nSPS) is 20.2. The van der Waals surface area contributed by atoms with Gasteiger partial charge in [-0.1, -0.05) is 89.1 Å². The lowest BCUT2D eigenvalue weighted by atomic mass is 9.78. The molecule has 1 heteroatoms. The first kappa shape index (κ1) is 19.1. The summed E-state index contributed by atoms with van der Waals surface area (Å²) in [5.74, 6) is 1.96. The van der Waals surface area contributed by atoms with Crippen LogP contribution >= 0.6 is 0 Å². The van der Waals surface area contributed by atoms with Gasteiger partial charge >= 0.3 is 0 Å². The van der Waals surface area contributed by atoms with Crippen molar-refractivity contribution in [2.24, 2.45) is 11.8 Å². The van der Waals surface area contributed by atoms with E-state index < -0.39 is 0 Å². The molecule has 1 aromatic heterocycles. The SMILES string of the molecule is CCCC[C@H]1CC[C@H](CCc2ccc(-c3ccc(CC)cc3)nc2)CC1. The number of nitrogens with zero attached hydrogens (tertiary/aromatic N) is 1. The van der Waals surface area contributed by atoms with E-state index in [1.165, 1.54) is 74.5 Å². The van der Waals surface area contributed by atoms with Gasteiger partial charge in [-0.05, 0) is 48.3 Å².